The van der Waals surface area contributed by atoms with Crippen LogP contribution in [0.4, 0.5) is 4.79 Å². The maximum absolute atomic E-state index is 12.0. The van der Waals surface area contributed by atoms with Gasteiger partial charge < -0.3 is 20.5 Å². The molecule has 20 heavy (non-hydrogen) atoms. The summed E-state index contributed by atoms with van der Waals surface area (Å²) in [7, 11) is 1.61. The normalized spacial score (nSPS) is 17.1. The lowest BCUT2D eigenvalue weighted by atomic mass is 9.77. The molecule has 0 aromatic carbocycles. The Labute approximate surface area is 120 Å². The molecular weight excluding hydrogens is 260 g/mol. The zero-order valence-electron chi connectivity index (χ0n) is 12.6. The first-order valence-corrected chi connectivity index (χ1v) is 7.22. The molecule has 2 amide bonds. The molecule has 1 fully saturated rings. The van der Waals surface area contributed by atoms with E-state index >= 15 is 0 Å². The Kier molecular flexibility index (Phi) is 5.80. The molecule has 3 N–H and O–H groups in total. The Bertz CT molecular complexity index is 349. The van der Waals surface area contributed by atoms with Crippen molar-refractivity contribution in [2.24, 2.45) is 5.41 Å². The zero-order chi connectivity index (χ0) is 15.2. The predicted molar refractivity (Wildman–Crippen MR) is 75.6 cm³/mol. The van der Waals surface area contributed by atoms with E-state index in [0.717, 1.165) is 19.3 Å². The zero-order valence-corrected chi connectivity index (χ0v) is 12.6. The highest BCUT2D eigenvalue weighted by molar-refractivity contribution is 5.78. The van der Waals surface area contributed by atoms with E-state index in [1.54, 1.807) is 7.11 Å². The predicted octanol–water partition coefficient (Wildman–Crippen LogP) is 1.75. The number of carboxylic acids is 1. The van der Waals surface area contributed by atoms with Crippen LogP contribution in [0.1, 0.15) is 46.0 Å². The quantitative estimate of drug-likeness (QED) is 0.634. The van der Waals surface area contributed by atoms with Gasteiger partial charge in [-0.3, -0.25) is 4.79 Å². The molecule has 0 aromatic rings. The number of rotatable bonds is 8. The number of carbonyl (C=O) groups excluding carboxylic acids is 1. The Balaban J connectivity index is 2.52. The fraction of sp³-hybridized carbons (Fsp3) is 0.857. The molecule has 0 unspecified atom stereocenters. The fourth-order valence-electron chi connectivity index (χ4n) is 2.60. The van der Waals surface area contributed by atoms with Gasteiger partial charge in [-0.05, 0) is 32.1 Å². The fourth-order valence-corrected chi connectivity index (χ4v) is 2.60. The molecule has 0 bridgehead atoms. The van der Waals surface area contributed by atoms with Crippen LogP contribution in [-0.4, -0.2) is 42.9 Å². The highest BCUT2D eigenvalue weighted by Gasteiger charge is 2.39. The number of nitrogens with one attached hydrogen (secondary N) is 2. The van der Waals surface area contributed by atoms with Crippen molar-refractivity contribution in [2.45, 2.75) is 51.5 Å². The molecule has 116 valence electrons. The lowest BCUT2D eigenvalue weighted by molar-refractivity contribution is -0.149. The standard InChI is InChI=1S/C14H26N2O4/c1-4-13(5-2,11(17)18)9-15-12(19)16-14(10-20-3)7-6-8-14/h4-10H2,1-3H3,(H,17,18)(H2,15,16,19). The highest BCUT2D eigenvalue weighted by atomic mass is 16.5. The lowest BCUT2D eigenvalue weighted by Crippen LogP contribution is -2.59. The molecule has 1 rings (SSSR count). The first-order chi connectivity index (χ1) is 9.43. The van der Waals surface area contributed by atoms with Crippen molar-refractivity contribution in [3.8, 4) is 0 Å². The molecular formula is C14H26N2O4. The van der Waals surface area contributed by atoms with Gasteiger partial charge in [-0.15, -0.1) is 0 Å². The summed E-state index contributed by atoms with van der Waals surface area (Å²) in [6.07, 6.45) is 3.86. The maximum Gasteiger partial charge on any atom is 0.315 e. The van der Waals surface area contributed by atoms with Gasteiger partial charge in [0.2, 0.25) is 0 Å². The van der Waals surface area contributed by atoms with E-state index in [1.165, 1.54) is 0 Å². The molecule has 0 radical (unpaired) electrons. The molecule has 0 saturated heterocycles. The Hall–Kier alpha value is -1.30. The number of ether oxygens (including phenoxy) is 1. The molecule has 0 aliphatic heterocycles. The van der Waals surface area contributed by atoms with E-state index < -0.39 is 11.4 Å². The molecule has 0 aromatic heterocycles. The van der Waals surface area contributed by atoms with Gasteiger partial charge >= 0.3 is 12.0 Å². The Morgan fingerprint density at radius 2 is 1.90 bits per heavy atom. The number of amides is 2. The second-order valence-corrected chi connectivity index (χ2v) is 5.67. The van der Waals surface area contributed by atoms with Crippen molar-refractivity contribution < 1.29 is 19.4 Å². The van der Waals surface area contributed by atoms with Crippen LogP contribution in [0.3, 0.4) is 0 Å². The summed E-state index contributed by atoms with van der Waals surface area (Å²) in [5.74, 6) is -0.863. The Morgan fingerprint density at radius 3 is 2.25 bits per heavy atom. The van der Waals surface area contributed by atoms with Gasteiger partial charge in [0, 0.05) is 13.7 Å². The molecule has 0 spiro atoms. The van der Waals surface area contributed by atoms with E-state index in [1.807, 2.05) is 13.8 Å². The monoisotopic (exact) mass is 286 g/mol. The molecule has 1 aliphatic carbocycles. The smallest absolute Gasteiger partial charge is 0.315 e. The SMILES string of the molecule is CCC(CC)(CNC(=O)NC1(COC)CCC1)C(=O)O. The number of methoxy groups -OCH3 is 1. The summed E-state index contributed by atoms with van der Waals surface area (Å²) in [5, 5.41) is 14.9. The van der Waals surface area contributed by atoms with Crippen LogP contribution >= 0.6 is 0 Å². The molecule has 1 saturated carbocycles. The average molecular weight is 286 g/mol. The summed E-state index contributed by atoms with van der Waals surface area (Å²) in [6, 6.07) is -0.311. The third-order valence-electron chi connectivity index (χ3n) is 4.50. The van der Waals surface area contributed by atoms with Crippen LogP contribution in [0.15, 0.2) is 0 Å². The minimum Gasteiger partial charge on any atom is -0.481 e. The topological polar surface area (TPSA) is 87.7 Å². The second-order valence-electron chi connectivity index (χ2n) is 5.67. The van der Waals surface area contributed by atoms with Gasteiger partial charge in [0.05, 0.1) is 17.6 Å². The number of hydrogen-bond donors (Lipinski definition) is 3. The van der Waals surface area contributed by atoms with Gasteiger partial charge in [0.1, 0.15) is 0 Å². The number of urea groups is 1. The van der Waals surface area contributed by atoms with E-state index in [9.17, 15) is 14.7 Å². The average Bonchev–Trinajstić information content (AvgIpc) is 2.37. The van der Waals surface area contributed by atoms with E-state index in [4.69, 9.17) is 4.74 Å². The maximum atomic E-state index is 12.0. The molecule has 1 aliphatic rings. The molecule has 6 heteroatoms. The molecule has 6 nitrogen and oxygen atoms in total. The van der Waals surface area contributed by atoms with Gasteiger partial charge in [-0.2, -0.15) is 0 Å². The van der Waals surface area contributed by atoms with E-state index in [2.05, 4.69) is 10.6 Å². The van der Waals surface area contributed by atoms with Crippen LogP contribution in [-0.2, 0) is 9.53 Å². The Morgan fingerprint density at radius 1 is 1.30 bits per heavy atom. The van der Waals surface area contributed by atoms with Crippen molar-refractivity contribution in [2.75, 3.05) is 20.3 Å². The first kappa shape index (κ1) is 16.8. The number of hydrogen-bond acceptors (Lipinski definition) is 3. The largest absolute Gasteiger partial charge is 0.481 e. The number of aliphatic carboxylic acids is 1. The van der Waals surface area contributed by atoms with Gasteiger partial charge in [-0.25, -0.2) is 4.79 Å². The van der Waals surface area contributed by atoms with Gasteiger partial charge in [0.25, 0.3) is 0 Å². The minimum atomic E-state index is -0.884. The van der Waals surface area contributed by atoms with E-state index in [-0.39, 0.29) is 18.1 Å². The van der Waals surface area contributed by atoms with Gasteiger partial charge in [-0.1, -0.05) is 13.8 Å². The van der Waals surface area contributed by atoms with Crippen molar-refractivity contribution in [3.05, 3.63) is 0 Å². The highest BCUT2D eigenvalue weighted by Crippen LogP contribution is 2.32. The molecule has 0 atom stereocenters. The minimum absolute atomic E-state index is 0.143. The van der Waals surface area contributed by atoms with Crippen molar-refractivity contribution >= 4 is 12.0 Å². The summed E-state index contributed by atoms with van der Waals surface area (Å²) in [5.41, 5.74) is -1.16. The number of carboxylic acid groups (broad SMARTS) is 1. The van der Waals surface area contributed by atoms with Crippen LogP contribution in [0, 0.1) is 5.41 Å². The van der Waals surface area contributed by atoms with Gasteiger partial charge in [0.15, 0.2) is 0 Å². The van der Waals surface area contributed by atoms with Crippen LogP contribution < -0.4 is 10.6 Å². The number of carbonyl (C=O) groups is 2. The third kappa shape index (κ3) is 3.62. The summed E-state index contributed by atoms with van der Waals surface area (Å²) >= 11 is 0. The van der Waals surface area contributed by atoms with Crippen LogP contribution in [0.2, 0.25) is 0 Å². The lowest BCUT2D eigenvalue weighted by Gasteiger charge is -2.42. The van der Waals surface area contributed by atoms with Crippen LogP contribution in [0.5, 0.6) is 0 Å². The molecule has 0 heterocycles. The van der Waals surface area contributed by atoms with E-state index in [0.29, 0.717) is 19.4 Å². The summed E-state index contributed by atoms with van der Waals surface area (Å²) < 4.78 is 5.14. The van der Waals surface area contributed by atoms with Crippen molar-refractivity contribution in [3.63, 3.8) is 0 Å². The third-order valence-corrected chi connectivity index (χ3v) is 4.50. The van der Waals surface area contributed by atoms with Crippen molar-refractivity contribution in [1.29, 1.82) is 0 Å². The first-order valence-electron chi connectivity index (χ1n) is 7.22. The summed E-state index contributed by atoms with van der Waals surface area (Å²) in [6.45, 7) is 4.29. The van der Waals surface area contributed by atoms with Crippen molar-refractivity contribution in [1.82, 2.24) is 10.6 Å². The summed E-state index contributed by atoms with van der Waals surface area (Å²) in [4.78, 5) is 23.3. The van der Waals surface area contributed by atoms with Crippen LogP contribution in [0.25, 0.3) is 0 Å². The second kappa shape index (κ2) is 6.92.